The van der Waals surface area contributed by atoms with E-state index < -0.39 is 20.2 Å². The zero-order valence-corrected chi connectivity index (χ0v) is 9.18. The van der Waals surface area contributed by atoms with Crippen LogP contribution in [0.15, 0.2) is 0 Å². The Morgan fingerprint density at radius 2 is 1.65 bits per heavy atom. The van der Waals surface area contributed by atoms with Gasteiger partial charge in [-0.2, -0.15) is 15.0 Å². The molecule has 1 aromatic heterocycles. The van der Waals surface area contributed by atoms with E-state index in [4.69, 9.17) is 15.3 Å². The topological polar surface area (TPSA) is 123 Å². The maximum atomic E-state index is 10.6. The van der Waals surface area contributed by atoms with Gasteiger partial charge in [0.05, 0.1) is 0 Å². The minimum Gasteiger partial charge on any atom is -0.376 e. The minimum absolute atomic E-state index is 0.0119. The van der Waals surface area contributed by atoms with Crippen LogP contribution >= 0.6 is 0 Å². The standard InChI is InChI=1S/C8H13N5O4/c1-6-9-7(12(2-14)3-15)11-8(10-6)13(4-16)5-17/h2,15-17H,3-5H2,1H3. The average Bonchev–Trinajstić information content (AvgIpc) is 2.31. The van der Waals surface area contributed by atoms with Crippen LogP contribution in [-0.4, -0.2) is 56.9 Å². The minimum atomic E-state index is -0.579. The summed E-state index contributed by atoms with van der Waals surface area (Å²) in [5, 5.41) is 26.8. The first-order valence-electron chi connectivity index (χ1n) is 4.68. The van der Waals surface area contributed by atoms with E-state index in [0.717, 1.165) is 9.80 Å². The normalized spacial score (nSPS) is 10.1. The predicted molar refractivity (Wildman–Crippen MR) is 56.8 cm³/mol. The van der Waals surface area contributed by atoms with Crippen LogP contribution in [0.25, 0.3) is 0 Å². The molecule has 0 spiro atoms. The van der Waals surface area contributed by atoms with Crippen LogP contribution in [0.5, 0.6) is 0 Å². The number of aryl methyl sites for hydroxylation is 1. The summed E-state index contributed by atoms with van der Waals surface area (Å²) in [6.07, 6.45) is 0.362. The number of anilines is 2. The lowest BCUT2D eigenvalue weighted by molar-refractivity contribution is -0.108. The summed E-state index contributed by atoms with van der Waals surface area (Å²) >= 11 is 0. The Balaban J connectivity index is 3.13. The number of hydrogen-bond acceptors (Lipinski definition) is 8. The predicted octanol–water partition coefficient (Wildman–Crippen LogP) is -2.20. The molecule has 9 nitrogen and oxygen atoms in total. The molecule has 3 N–H and O–H groups in total. The van der Waals surface area contributed by atoms with Crippen molar-refractivity contribution >= 4 is 18.3 Å². The molecule has 0 atom stereocenters. The van der Waals surface area contributed by atoms with E-state index in [9.17, 15) is 4.79 Å². The van der Waals surface area contributed by atoms with E-state index >= 15 is 0 Å². The number of hydrogen-bond donors (Lipinski definition) is 3. The molecule has 1 amide bonds. The number of aliphatic hydroxyl groups is 3. The molecule has 1 aromatic rings. The van der Waals surface area contributed by atoms with Crippen molar-refractivity contribution < 1.29 is 20.1 Å². The number of carbonyl (C=O) groups excluding carboxylic acids is 1. The van der Waals surface area contributed by atoms with Crippen LogP contribution < -0.4 is 9.80 Å². The van der Waals surface area contributed by atoms with Gasteiger partial charge in [0.15, 0.2) is 0 Å². The van der Waals surface area contributed by atoms with Crippen LogP contribution in [0.1, 0.15) is 5.82 Å². The summed E-state index contributed by atoms with van der Waals surface area (Å²) in [4.78, 5) is 24.1. The number of rotatable bonds is 6. The zero-order valence-electron chi connectivity index (χ0n) is 9.18. The number of aliphatic hydroxyl groups excluding tert-OH is 3. The summed E-state index contributed by atoms with van der Waals surface area (Å²) < 4.78 is 0. The Hall–Kier alpha value is -1.84. The average molecular weight is 243 g/mol. The Bertz CT molecular complexity index is 384. The third-order valence-corrected chi connectivity index (χ3v) is 1.88. The van der Waals surface area contributed by atoms with Crippen LogP contribution in [0.2, 0.25) is 0 Å². The molecule has 0 aliphatic heterocycles. The molecule has 0 fully saturated rings. The third-order valence-electron chi connectivity index (χ3n) is 1.88. The van der Waals surface area contributed by atoms with Gasteiger partial charge >= 0.3 is 0 Å². The maximum Gasteiger partial charge on any atom is 0.238 e. The molecular weight excluding hydrogens is 230 g/mol. The highest BCUT2D eigenvalue weighted by atomic mass is 16.3. The molecule has 0 aromatic carbocycles. The van der Waals surface area contributed by atoms with Gasteiger partial charge < -0.3 is 15.3 Å². The van der Waals surface area contributed by atoms with Gasteiger partial charge in [0.25, 0.3) is 0 Å². The van der Waals surface area contributed by atoms with E-state index in [1.54, 1.807) is 6.92 Å². The second-order valence-electron chi connectivity index (χ2n) is 3.02. The highest BCUT2D eigenvalue weighted by molar-refractivity contribution is 5.70. The molecule has 9 heteroatoms. The lowest BCUT2D eigenvalue weighted by Gasteiger charge is -2.19. The molecule has 1 rings (SSSR count). The van der Waals surface area contributed by atoms with E-state index in [-0.39, 0.29) is 17.7 Å². The second-order valence-corrected chi connectivity index (χ2v) is 3.02. The molecular formula is C8H13N5O4. The molecule has 1 heterocycles. The first-order chi connectivity index (χ1) is 8.15. The molecule has 17 heavy (non-hydrogen) atoms. The molecule has 0 bridgehead atoms. The number of amides is 1. The van der Waals surface area contributed by atoms with Crippen molar-refractivity contribution in [3.63, 3.8) is 0 Å². The lowest BCUT2D eigenvalue weighted by atomic mass is 10.6. The largest absolute Gasteiger partial charge is 0.376 e. The lowest BCUT2D eigenvalue weighted by Crippen LogP contribution is -2.30. The SMILES string of the molecule is Cc1nc(N(C=O)CO)nc(N(CO)CO)n1. The van der Waals surface area contributed by atoms with Gasteiger partial charge in [0.1, 0.15) is 26.0 Å². The molecule has 0 aliphatic rings. The summed E-state index contributed by atoms with van der Waals surface area (Å²) in [5.41, 5.74) is 0. The third kappa shape index (κ3) is 3.06. The van der Waals surface area contributed by atoms with Crippen molar-refractivity contribution in [2.75, 3.05) is 30.0 Å². The van der Waals surface area contributed by atoms with E-state index in [0.29, 0.717) is 6.41 Å². The van der Waals surface area contributed by atoms with E-state index in [1.165, 1.54) is 0 Å². The fourth-order valence-corrected chi connectivity index (χ4v) is 1.04. The van der Waals surface area contributed by atoms with Crippen LogP contribution in [0.3, 0.4) is 0 Å². The smallest absolute Gasteiger partial charge is 0.238 e. The van der Waals surface area contributed by atoms with Crippen LogP contribution in [-0.2, 0) is 4.79 Å². The van der Waals surface area contributed by atoms with Gasteiger partial charge in [-0.3, -0.25) is 14.6 Å². The fourth-order valence-electron chi connectivity index (χ4n) is 1.04. The fraction of sp³-hybridized carbons (Fsp3) is 0.500. The van der Waals surface area contributed by atoms with Crippen molar-refractivity contribution in [1.29, 1.82) is 0 Å². The Morgan fingerprint density at radius 1 is 1.06 bits per heavy atom. The number of carbonyl (C=O) groups is 1. The molecule has 0 saturated carbocycles. The van der Waals surface area contributed by atoms with Gasteiger partial charge in [-0.15, -0.1) is 0 Å². The van der Waals surface area contributed by atoms with Crippen molar-refractivity contribution in [2.45, 2.75) is 6.92 Å². The van der Waals surface area contributed by atoms with Gasteiger partial charge in [0.2, 0.25) is 18.3 Å². The molecule has 94 valence electrons. The quantitative estimate of drug-likeness (QED) is 0.380. The summed E-state index contributed by atoms with van der Waals surface area (Å²) in [6, 6.07) is 0. The monoisotopic (exact) mass is 243 g/mol. The van der Waals surface area contributed by atoms with Crippen molar-refractivity contribution in [2.24, 2.45) is 0 Å². The molecule has 0 unspecified atom stereocenters. The maximum absolute atomic E-state index is 10.6. The first-order valence-corrected chi connectivity index (χ1v) is 4.68. The van der Waals surface area contributed by atoms with Gasteiger partial charge in [-0.05, 0) is 6.92 Å². The summed E-state index contributed by atoms with van der Waals surface area (Å²) in [7, 11) is 0. The van der Waals surface area contributed by atoms with E-state index in [2.05, 4.69) is 15.0 Å². The van der Waals surface area contributed by atoms with E-state index in [1.807, 2.05) is 0 Å². The Kier molecular flexibility index (Phi) is 4.69. The Morgan fingerprint density at radius 3 is 2.12 bits per heavy atom. The first kappa shape index (κ1) is 13.2. The van der Waals surface area contributed by atoms with Crippen LogP contribution in [0, 0.1) is 6.92 Å². The number of nitrogens with zero attached hydrogens (tertiary/aromatic N) is 5. The van der Waals surface area contributed by atoms with Gasteiger partial charge in [-0.25, -0.2) is 0 Å². The van der Waals surface area contributed by atoms with Gasteiger partial charge in [-0.1, -0.05) is 0 Å². The van der Waals surface area contributed by atoms with Crippen molar-refractivity contribution in [1.82, 2.24) is 15.0 Å². The van der Waals surface area contributed by atoms with Crippen molar-refractivity contribution in [3.05, 3.63) is 5.82 Å². The van der Waals surface area contributed by atoms with Crippen LogP contribution in [0.4, 0.5) is 11.9 Å². The molecule has 0 radical (unpaired) electrons. The summed E-state index contributed by atoms with van der Waals surface area (Å²) in [6.45, 7) is 0.00578. The van der Waals surface area contributed by atoms with Crippen molar-refractivity contribution in [3.8, 4) is 0 Å². The molecule has 0 aliphatic carbocycles. The Labute approximate surface area is 97.0 Å². The molecule has 0 saturated heterocycles. The highest BCUT2D eigenvalue weighted by Gasteiger charge is 2.14. The highest BCUT2D eigenvalue weighted by Crippen LogP contribution is 2.11. The van der Waals surface area contributed by atoms with Gasteiger partial charge in [0, 0.05) is 0 Å². The second kappa shape index (κ2) is 6.03. The summed E-state index contributed by atoms with van der Waals surface area (Å²) in [5.74, 6) is 0.243. The number of aromatic nitrogens is 3. The zero-order chi connectivity index (χ0) is 12.8.